The van der Waals surface area contributed by atoms with Crippen LogP contribution in [0.2, 0.25) is 0 Å². The van der Waals surface area contributed by atoms with Crippen LogP contribution in [-0.2, 0) is 4.74 Å². The molecule has 0 aromatic heterocycles. The largest absolute Gasteiger partial charge is 0.493 e. The van der Waals surface area contributed by atoms with Crippen LogP contribution in [0.15, 0.2) is 29.3 Å². The van der Waals surface area contributed by atoms with E-state index in [1.165, 1.54) is 19.3 Å². The van der Waals surface area contributed by atoms with Gasteiger partial charge in [-0.2, -0.15) is 0 Å². The number of halogens is 1. The maximum absolute atomic E-state index is 5.70. The summed E-state index contributed by atoms with van der Waals surface area (Å²) >= 11 is 0. The zero-order valence-electron chi connectivity index (χ0n) is 14.0. The average Bonchev–Trinajstić information content (AvgIpc) is 3.35. The van der Waals surface area contributed by atoms with Gasteiger partial charge in [-0.15, -0.1) is 24.0 Å². The van der Waals surface area contributed by atoms with Crippen molar-refractivity contribution in [3.8, 4) is 5.75 Å². The Kier molecular flexibility index (Phi) is 10.0. The van der Waals surface area contributed by atoms with Crippen LogP contribution in [0.5, 0.6) is 5.75 Å². The molecule has 130 valence electrons. The van der Waals surface area contributed by atoms with Crippen molar-refractivity contribution in [2.75, 3.05) is 39.2 Å². The quantitative estimate of drug-likeness (QED) is 0.271. The van der Waals surface area contributed by atoms with Crippen molar-refractivity contribution < 1.29 is 9.47 Å². The molecule has 1 saturated carbocycles. The second-order valence-electron chi connectivity index (χ2n) is 5.58. The third-order valence-corrected chi connectivity index (χ3v) is 3.62. The molecule has 2 rings (SSSR count). The summed E-state index contributed by atoms with van der Waals surface area (Å²) in [5.41, 5.74) is 0.976. The van der Waals surface area contributed by atoms with Crippen LogP contribution in [0, 0.1) is 5.92 Å². The Labute approximate surface area is 156 Å². The Balaban J connectivity index is 0.00000264. The van der Waals surface area contributed by atoms with Crippen molar-refractivity contribution >= 4 is 35.6 Å². The van der Waals surface area contributed by atoms with E-state index in [-0.39, 0.29) is 24.0 Å². The van der Waals surface area contributed by atoms with Crippen LogP contribution in [0.25, 0.3) is 0 Å². The van der Waals surface area contributed by atoms with Crippen molar-refractivity contribution in [1.82, 2.24) is 5.32 Å². The third kappa shape index (κ3) is 8.41. The van der Waals surface area contributed by atoms with Crippen molar-refractivity contribution in [3.05, 3.63) is 24.3 Å². The number of benzene rings is 1. The molecule has 23 heavy (non-hydrogen) atoms. The van der Waals surface area contributed by atoms with Gasteiger partial charge in [0.25, 0.3) is 0 Å². The highest BCUT2D eigenvalue weighted by atomic mass is 127. The van der Waals surface area contributed by atoms with Gasteiger partial charge in [0.2, 0.25) is 0 Å². The van der Waals surface area contributed by atoms with E-state index in [0.29, 0.717) is 6.61 Å². The molecule has 6 heteroatoms. The molecule has 0 aliphatic heterocycles. The van der Waals surface area contributed by atoms with Gasteiger partial charge in [-0.1, -0.05) is 18.9 Å². The lowest BCUT2D eigenvalue weighted by Crippen LogP contribution is -2.31. The Morgan fingerprint density at radius 1 is 1.30 bits per heavy atom. The molecule has 1 aromatic rings. The van der Waals surface area contributed by atoms with Crippen molar-refractivity contribution in [2.24, 2.45) is 10.9 Å². The first-order chi connectivity index (χ1) is 10.8. The minimum absolute atomic E-state index is 0. The van der Waals surface area contributed by atoms with Crippen LogP contribution in [0.4, 0.5) is 5.69 Å². The van der Waals surface area contributed by atoms with Crippen molar-refractivity contribution in [1.29, 1.82) is 0 Å². The van der Waals surface area contributed by atoms with E-state index in [1.807, 2.05) is 24.3 Å². The van der Waals surface area contributed by atoms with E-state index in [9.17, 15) is 0 Å². The molecule has 1 aromatic carbocycles. The van der Waals surface area contributed by atoms with E-state index < -0.39 is 0 Å². The number of rotatable bonds is 9. The van der Waals surface area contributed by atoms with Gasteiger partial charge < -0.3 is 20.1 Å². The summed E-state index contributed by atoms with van der Waals surface area (Å²) in [7, 11) is 3.49. The zero-order chi connectivity index (χ0) is 15.6. The predicted molar refractivity (Wildman–Crippen MR) is 106 cm³/mol. The summed E-state index contributed by atoms with van der Waals surface area (Å²) in [4.78, 5) is 4.25. The molecule has 1 aliphatic carbocycles. The zero-order valence-corrected chi connectivity index (χ0v) is 16.3. The molecule has 0 atom stereocenters. The smallest absolute Gasteiger partial charge is 0.195 e. The van der Waals surface area contributed by atoms with E-state index in [1.54, 1.807) is 14.2 Å². The molecular formula is C17H28IN3O2. The fourth-order valence-corrected chi connectivity index (χ4v) is 2.17. The molecule has 0 amide bonds. The summed E-state index contributed by atoms with van der Waals surface area (Å²) in [6.07, 6.45) is 4.88. The molecule has 5 nitrogen and oxygen atoms in total. The Morgan fingerprint density at radius 2 is 2.13 bits per heavy atom. The van der Waals surface area contributed by atoms with Crippen LogP contribution in [0.1, 0.15) is 25.7 Å². The highest BCUT2D eigenvalue weighted by Crippen LogP contribution is 2.31. The molecule has 1 aliphatic rings. The minimum Gasteiger partial charge on any atom is -0.493 e. The first kappa shape index (κ1) is 20.0. The highest BCUT2D eigenvalue weighted by molar-refractivity contribution is 14.0. The number of anilines is 1. The van der Waals surface area contributed by atoms with Crippen LogP contribution >= 0.6 is 24.0 Å². The molecule has 0 spiro atoms. The molecular weight excluding hydrogens is 405 g/mol. The number of hydrogen-bond donors (Lipinski definition) is 2. The molecule has 0 bridgehead atoms. The third-order valence-electron chi connectivity index (χ3n) is 3.62. The van der Waals surface area contributed by atoms with Gasteiger partial charge in [-0.3, -0.25) is 4.99 Å². The van der Waals surface area contributed by atoms with Crippen molar-refractivity contribution in [2.45, 2.75) is 25.7 Å². The Morgan fingerprint density at radius 3 is 2.83 bits per heavy atom. The molecule has 2 N–H and O–H groups in total. The maximum Gasteiger partial charge on any atom is 0.195 e. The first-order valence-electron chi connectivity index (χ1n) is 8.01. The SMILES string of the molecule is CN=C(NCCC1CC1)Nc1cccc(OCCCOC)c1.I. The maximum atomic E-state index is 5.70. The summed E-state index contributed by atoms with van der Waals surface area (Å²) < 4.78 is 10.7. The minimum atomic E-state index is 0. The van der Waals surface area contributed by atoms with E-state index >= 15 is 0 Å². The van der Waals surface area contributed by atoms with Crippen LogP contribution in [-0.4, -0.2) is 39.9 Å². The number of guanidine groups is 1. The highest BCUT2D eigenvalue weighted by Gasteiger charge is 2.20. The molecule has 0 heterocycles. The lowest BCUT2D eigenvalue weighted by molar-refractivity contribution is 0.172. The van der Waals surface area contributed by atoms with Gasteiger partial charge >= 0.3 is 0 Å². The summed E-state index contributed by atoms with van der Waals surface area (Å²) in [6, 6.07) is 7.93. The summed E-state index contributed by atoms with van der Waals surface area (Å²) in [5, 5.41) is 6.65. The van der Waals surface area contributed by atoms with Gasteiger partial charge in [-0.25, -0.2) is 0 Å². The van der Waals surface area contributed by atoms with Crippen LogP contribution < -0.4 is 15.4 Å². The topological polar surface area (TPSA) is 54.9 Å². The van der Waals surface area contributed by atoms with Gasteiger partial charge in [0.15, 0.2) is 5.96 Å². The monoisotopic (exact) mass is 433 g/mol. The van der Waals surface area contributed by atoms with Gasteiger partial charge in [0.1, 0.15) is 5.75 Å². The first-order valence-corrected chi connectivity index (χ1v) is 8.01. The number of ether oxygens (including phenoxy) is 2. The van der Waals surface area contributed by atoms with Crippen LogP contribution in [0.3, 0.4) is 0 Å². The van der Waals surface area contributed by atoms with E-state index in [0.717, 1.165) is 42.9 Å². The lowest BCUT2D eigenvalue weighted by Gasteiger charge is -2.13. The number of nitrogens with zero attached hydrogens (tertiary/aromatic N) is 1. The predicted octanol–water partition coefficient (Wildman–Crippen LogP) is 3.51. The van der Waals surface area contributed by atoms with E-state index in [2.05, 4.69) is 15.6 Å². The summed E-state index contributed by atoms with van der Waals surface area (Å²) in [5.74, 6) is 2.58. The second kappa shape index (κ2) is 11.5. The molecule has 0 radical (unpaired) electrons. The number of methoxy groups -OCH3 is 1. The number of nitrogens with one attached hydrogen (secondary N) is 2. The van der Waals surface area contributed by atoms with Gasteiger partial charge in [0.05, 0.1) is 6.61 Å². The summed E-state index contributed by atoms with van der Waals surface area (Å²) in [6.45, 7) is 2.35. The van der Waals surface area contributed by atoms with Gasteiger partial charge in [0, 0.05) is 45.5 Å². The average molecular weight is 433 g/mol. The molecule has 1 fully saturated rings. The number of hydrogen-bond acceptors (Lipinski definition) is 3. The number of aliphatic imine (C=N–C) groups is 1. The Bertz CT molecular complexity index is 479. The fourth-order valence-electron chi connectivity index (χ4n) is 2.17. The lowest BCUT2D eigenvalue weighted by atomic mass is 10.3. The normalized spacial score (nSPS) is 14.1. The molecule has 0 saturated heterocycles. The fraction of sp³-hybridized carbons (Fsp3) is 0.588. The Hall–Kier alpha value is -1.02. The van der Waals surface area contributed by atoms with Crippen molar-refractivity contribution in [3.63, 3.8) is 0 Å². The second-order valence-corrected chi connectivity index (χ2v) is 5.58. The van der Waals surface area contributed by atoms with Gasteiger partial charge in [-0.05, 0) is 24.5 Å². The van der Waals surface area contributed by atoms with E-state index in [4.69, 9.17) is 9.47 Å². The standard InChI is InChI=1S/C17H27N3O2.HI/c1-18-17(19-10-9-14-7-8-14)20-15-5-3-6-16(13-15)22-12-4-11-21-2;/h3,5-6,13-14H,4,7-12H2,1-2H3,(H2,18,19,20);1H. The molecule has 0 unspecified atom stereocenters.